The molecule has 156 valence electrons. The van der Waals surface area contributed by atoms with E-state index in [1.807, 2.05) is 0 Å². The van der Waals surface area contributed by atoms with Crippen LogP contribution in [0.25, 0.3) is 0 Å². The van der Waals surface area contributed by atoms with Crippen LogP contribution < -0.4 is 5.32 Å². The van der Waals surface area contributed by atoms with E-state index in [9.17, 15) is 4.57 Å². The van der Waals surface area contributed by atoms with Crippen LogP contribution in [0.1, 0.15) is 49.3 Å². The third-order valence-corrected chi connectivity index (χ3v) is 9.05. The minimum absolute atomic E-state index is 0.185. The van der Waals surface area contributed by atoms with Crippen LogP contribution in [0.4, 0.5) is 0 Å². The summed E-state index contributed by atoms with van der Waals surface area (Å²) in [5.41, 5.74) is 2.61. The molecule has 1 saturated heterocycles. The van der Waals surface area contributed by atoms with Gasteiger partial charge < -0.3 is 9.88 Å². The Morgan fingerprint density at radius 1 is 0.967 bits per heavy atom. The van der Waals surface area contributed by atoms with Crippen LogP contribution in [0.5, 0.6) is 0 Å². The van der Waals surface area contributed by atoms with Gasteiger partial charge in [-0.25, -0.2) is 4.67 Å². The topological polar surface area (TPSA) is 32.3 Å². The van der Waals surface area contributed by atoms with Gasteiger partial charge in [0.1, 0.15) is 0 Å². The summed E-state index contributed by atoms with van der Waals surface area (Å²) < 4.78 is 16.2. The van der Waals surface area contributed by atoms with Gasteiger partial charge in [-0.05, 0) is 30.4 Å². The highest BCUT2D eigenvalue weighted by Gasteiger charge is 2.48. The van der Waals surface area contributed by atoms with Crippen molar-refractivity contribution in [1.82, 2.24) is 9.99 Å². The molecule has 0 amide bonds. The maximum Gasteiger partial charge on any atom is 0.164 e. The number of nitrogens with zero attached hydrogens (tertiary/aromatic N) is 1. The van der Waals surface area contributed by atoms with Crippen LogP contribution in [0, 0.1) is 5.92 Å². The molecule has 1 heterocycles. The Labute approximate surface area is 180 Å². The van der Waals surface area contributed by atoms with Crippen molar-refractivity contribution in [3.63, 3.8) is 0 Å². The van der Waals surface area contributed by atoms with E-state index >= 15 is 0 Å². The van der Waals surface area contributed by atoms with Crippen molar-refractivity contribution >= 4 is 7.95 Å². The third-order valence-electron chi connectivity index (χ3n) is 6.94. The van der Waals surface area contributed by atoms with Crippen molar-refractivity contribution in [3.05, 3.63) is 95.3 Å². The molecule has 0 bridgehead atoms. The van der Waals surface area contributed by atoms with Crippen molar-refractivity contribution in [2.24, 2.45) is 5.92 Å². The van der Waals surface area contributed by atoms with Crippen molar-refractivity contribution in [2.45, 2.75) is 56.8 Å². The molecule has 4 heteroatoms. The summed E-state index contributed by atoms with van der Waals surface area (Å²) in [5, 5.41) is 5.02. The molecule has 0 radical (unpaired) electrons. The predicted octanol–water partition coefficient (Wildman–Crippen LogP) is 6.08. The van der Waals surface area contributed by atoms with Crippen molar-refractivity contribution in [1.29, 1.82) is 0 Å². The minimum Gasteiger partial charge on any atom is -0.308 e. The van der Waals surface area contributed by atoms with E-state index in [4.69, 9.17) is 0 Å². The average Bonchev–Trinajstić information content (AvgIpc) is 3.11. The molecule has 0 aromatic heterocycles. The van der Waals surface area contributed by atoms with Gasteiger partial charge in [0, 0.05) is 29.9 Å². The van der Waals surface area contributed by atoms with Crippen LogP contribution in [-0.4, -0.2) is 16.8 Å². The van der Waals surface area contributed by atoms with Crippen molar-refractivity contribution < 1.29 is 4.57 Å². The van der Waals surface area contributed by atoms with E-state index in [1.165, 1.54) is 29.3 Å². The summed E-state index contributed by atoms with van der Waals surface area (Å²) in [6, 6.07) is 22.2. The maximum atomic E-state index is 13.8. The number of nitrogens with one attached hydrogen (secondary N) is 1. The zero-order valence-corrected chi connectivity index (χ0v) is 18.4. The number of rotatable bonds is 5. The van der Waals surface area contributed by atoms with Gasteiger partial charge in [0.25, 0.3) is 0 Å². The fourth-order valence-electron chi connectivity index (χ4n) is 5.52. The molecular formula is C26H31N2OP. The molecule has 5 atom stereocenters. The Balaban J connectivity index is 1.45. The Bertz CT molecular complexity index is 940. The van der Waals surface area contributed by atoms with E-state index < -0.39 is 7.95 Å². The summed E-state index contributed by atoms with van der Waals surface area (Å²) in [4.78, 5) is 0. The normalized spacial score (nSPS) is 31.3. The van der Waals surface area contributed by atoms with Crippen molar-refractivity contribution in [3.8, 4) is 0 Å². The second-order valence-electron chi connectivity index (χ2n) is 8.74. The van der Waals surface area contributed by atoms with E-state index in [0.29, 0.717) is 12.1 Å². The monoisotopic (exact) mass is 418 g/mol. The molecule has 3 aliphatic rings. The SMILES string of the molecule is O=[PH]1C2=CCC=CC2[C@@H](c2ccccc2)N1[C@H]1CCCC[C@@H]1NCc1ccccc1. The summed E-state index contributed by atoms with van der Waals surface area (Å²) >= 11 is 0. The van der Waals surface area contributed by atoms with Crippen LogP contribution in [-0.2, 0) is 11.1 Å². The minimum atomic E-state index is -1.95. The molecule has 2 fully saturated rings. The number of hydrogen-bond acceptors (Lipinski definition) is 2. The van der Waals surface area contributed by atoms with Gasteiger partial charge in [0.15, 0.2) is 7.95 Å². The lowest BCUT2D eigenvalue weighted by molar-refractivity contribution is 0.162. The van der Waals surface area contributed by atoms with Crippen LogP contribution >= 0.6 is 7.95 Å². The summed E-state index contributed by atoms with van der Waals surface area (Å²) in [6.07, 6.45) is 12.5. The van der Waals surface area contributed by atoms with E-state index in [1.54, 1.807) is 0 Å². The Kier molecular flexibility index (Phi) is 6.04. The highest BCUT2D eigenvalue weighted by molar-refractivity contribution is 7.47. The quantitative estimate of drug-likeness (QED) is 0.472. The Morgan fingerprint density at radius 3 is 2.50 bits per heavy atom. The van der Waals surface area contributed by atoms with E-state index in [2.05, 4.69) is 88.9 Å². The number of hydrogen-bond donors (Lipinski definition) is 1. The van der Waals surface area contributed by atoms with E-state index in [0.717, 1.165) is 25.8 Å². The summed E-state index contributed by atoms with van der Waals surface area (Å²) in [5.74, 6) is 0.254. The first kappa shape index (κ1) is 20.0. The van der Waals surface area contributed by atoms with Gasteiger partial charge in [-0.2, -0.15) is 0 Å². The highest BCUT2D eigenvalue weighted by Crippen LogP contribution is 2.61. The second kappa shape index (κ2) is 9.06. The molecule has 1 aliphatic heterocycles. The smallest absolute Gasteiger partial charge is 0.164 e. The largest absolute Gasteiger partial charge is 0.308 e. The average molecular weight is 419 g/mol. The molecule has 0 spiro atoms. The first-order valence-corrected chi connectivity index (χ1v) is 12.7. The van der Waals surface area contributed by atoms with Gasteiger partial charge in [0.2, 0.25) is 0 Å². The lowest BCUT2D eigenvalue weighted by atomic mass is 9.85. The van der Waals surface area contributed by atoms with Crippen LogP contribution in [0.2, 0.25) is 0 Å². The first-order valence-electron chi connectivity index (χ1n) is 11.3. The van der Waals surface area contributed by atoms with Gasteiger partial charge >= 0.3 is 0 Å². The molecule has 3 nitrogen and oxygen atoms in total. The molecule has 2 aromatic rings. The molecule has 1 N–H and O–H groups in total. The standard InChI is InChI=1S/C26H31N2OP/c29-30-25-18-10-7-15-22(25)26(21-13-5-2-6-14-21)28(30)24-17-9-8-16-23(24)27-19-20-11-3-1-4-12-20/h1-7,11-15,18,22-24,26-27,30H,8-10,16-17,19H2/t22?,23-,24-,26+/m0/s1. The molecule has 30 heavy (non-hydrogen) atoms. The fraction of sp³-hybridized carbons (Fsp3) is 0.385. The first-order chi connectivity index (χ1) is 14.8. The molecule has 2 unspecified atom stereocenters. The Hall–Kier alpha value is -1.93. The molecule has 2 aromatic carbocycles. The van der Waals surface area contributed by atoms with Crippen LogP contribution in [0.3, 0.4) is 0 Å². The highest BCUT2D eigenvalue weighted by atomic mass is 31.1. The maximum absolute atomic E-state index is 13.8. The fourth-order valence-corrected chi connectivity index (χ4v) is 7.82. The van der Waals surface area contributed by atoms with Gasteiger partial charge in [0.05, 0.1) is 6.04 Å². The third kappa shape index (κ3) is 3.87. The van der Waals surface area contributed by atoms with Crippen molar-refractivity contribution in [2.75, 3.05) is 0 Å². The van der Waals surface area contributed by atoms with Gasteiger partial charge in [-0.15, -0.1) is 0 Å². The number of allylic oxidation sites excluding steroid dienone is 2. The zero-order chi connectivity index (χ0) is 20.3. The molecule has 2 aliphatic carbocycles. The summed E-state index contributed by atoms with van der Waals surface area (Å²) in [7, 11) is -1.95. The lowest BCUT2D eigenvalue weighted by Crippen LogP contribution is -2.49. The summed E-state index contributed by atoms with van der Waals surface area (Å²) in [6.45, 7) is 0.874. The number of benzene rings is 2. The lowest BCUT2D eigenvalue weighted by Gasteiger charge is -2.41. The van der Waals surface area contributed by atoms with Crippen LogP contribution in [0.15, 0.2) is 84.2 Å². The zero-order valence-electron chi connectivity index (χ0n) is 17.4. The predicted molar refractivity (Wildman–Crippen MR) is 125 cm³/mol. The molecule has 1 saturated carbocycles. The molecular weight excluding hydrogens is 387 g/mol. The second-order valence-corrected chi connectivity index (χ2v) is 10.4. The Morgan fingerprint density at radius 2 is 1.70 bits per heavy atom. The van der Waals surface area contributed by atoms with E-state index in [-0.39, 0.29) is 12.0 Å². The number of fused-ring (bicyclic) bond motifs is 1. The molecule has 5 rings (SSSR count). The van der Waals surface area contributed by atoms with Gasteiger partial charge in [-0.3, -0.25) is 0 Å². The van der Waals surface area contributed by atoms with Gasteiger partial charge in [-0.1, -0.05) is 91.7 Å².